The lowest BCUT2D eigenvalue weighted by atomic mass is 9.75. The standard InChI is InChI=1S/C28H34N6O3/c1-4-22-23(24(29)33-26(30)32-22)19-9-11-21(12-10-19)31-25(35)28(34(27(36)37)16-17(2)3)14-13-18-7-5-6-8-20(18)15-28/h5-12,17H,4,13-16H2,1-3H3,(H,31,35)(H,36,37)(H4,29,30,32,33). The van der Waals surface area contributed by atoms with Crippen LogP contribution in [0.25, 0.3) is 11.1 Å². The molecule has 0 saturated heterocycles. The van der Waals surface area contributed by atoms with Gasteiger partial charge in [-0.15, -0.1) is 0 Å². The van der Waals surface area contributed by atoms with Crippen LogP contribution in [0.15, 0.2) is 48.5 Å². The highest BCUT2D eigenvalue weighted by Gasteiger charge is 2.48. The van der Waals surface area contributed by atoms with E-state index < -0.39 is 11.6 Å². The molecule has 194 valence electrons. The molecule has 2 amide bonds. The van der Waals surface area contributed by atoms with E-state index in [4.69, 9.17) is 11.5 Å². The summed E-state index contributed by atoms with van der Waals surface area (Å²) in [7, 11) is 0. The number of carbonyl (C=O) groups excluding carboxylic acids is 1. The van der Waals surface area contributed by atoms with Crippen LogP contribution in [-0.4, -0.2) is 44.1 Å². The maximum absolute atomic E-state index is 13.9. The molecule has 1 heterocycles. The number of fused-ring (bicyclic) bond motifs is 1. The van der Waals surface area contributed by atoms with Crippen LogP contribution < -0.4 is 16.8 Å². The lowest BCUT2D eigenvalue weighted by Crippen LogP contribution is -2.62. The van der Waals surface area contributed by atoms with Gasteiger partial charge in [0, 0.05) is 24.2 Å². The average Bonchev–Trinajstić information content (AvgIpc) is 2.86. The number of nitrogens with one attached hydrogen (secondary N) is 1. The highest BCUT2D eigenvalue weighted by atomic mass is 16.4. The van der Waals surface area contributed by atoms with E-state index in [-0.39, 0.29) is 24.3 Å². The number of rotatable bonds is 7. The fourth-order valence-electron chi connectivity index (χ4n) is 5.15. The van der Waals surface area contributed by atoms with Crippen molar-refractivity contribution in [1.82, 2.24) is 14.9 Å². The normalized spacial score (nSPS) is 16.8. The lowest BCUT2D eigenvalue weighted by molar-refractivity contribution is -0.128. The molecule has 0 saturated carbocycles. The number of carboxylic acid groups (broad SMARTS) is 1. The van der Waals surface area contributed by atoms with E-state index in [1.165, 1.54) is 4.90 Å². The minimum Gasteiger partial charge on any atom is -0.465 e. The number of aryl methyl sites for hydroxylation is 2. The molecular formula is C28H34N6O3. The van der Waals surface area contributed by atoms with Gasteiger partial charge >= 0.3 is 6.09 Å². The Hall–Kier alpha value is -4.14. The van der Waals surface area contributed by atoms with Gasteiger partial charge in [0.1, 0.15) is 11.4 Å². The summed E-state index contributed by atoms with van der Waals surface area (Å²) in [6.45, 7) is 6.13. The molecule has 1 atom stereocenters. The molecule has 0 radical (unpaired) electrons. The molecule has 3 aromatic rings. The number of nitrogens with two attached hydrogens (primary N) is 2. The molecule has 1 aliphatic carbocycles. The quantitative estimate of drug-likeness (QED) is 0.375. The molecule has 0 bridgehead atoms. The minimum absolute atomic E-state index is 0.0672. The van der Waals surface area contributed by atoms with Crippen molar-refractivity contribution in [3.05, 3.63) is 65.4 Å². The molecule has 4 rings (SSSR count). The number of nitrogen functional groups attached to an aromatic ring is 2. The highest BCUT2D eigenvalue weighted by molar-refractivity contribution is 6.00. The monoisotopic (exact) mass is 502 g/mol. The molecule has 1 aliphatic rings. The summed E-state index contributed by atoms with van der Waals surface area (Å²) >= 11 is 0. The Balaban J connectivity index is 1.66. The lowest BCUT2D eigenvalue weighted by Gasteiger charge is -2.44. The van der Waals surface area contributed by atoms with Crippen LogP contribution in [0.4, 0.5) is 22.2 Å². The van der Waals surface area contributed by atoms with E-state index in [1.54, 1.807) is 12.1 Å². The minimum atomic E-state index is -1.21. The van der Waals surface area contributed by atoms with E-state index >= 15 is 0 Å². The Kier molecular flexibility index (Phi) is 7.33. The number of hydrogen-bond donors (Lipinski definition) is 4. The molecule has 9 heteroatoms. The van der Waals surface area contributed by atoms with Crippen LogP contribution in [0.1, 0.15) is 44.0 Å². The van der Waals surface area contributed by atoms with Crippen molar-refractivity contribution in [2.75, 3.05) is 23.3 Å². The summed E-state index contributed by atoms with van der Waals surface area (Å²) in [6, 6.07) is 15.2. The maximum Gasteiger partial charge on any atom is 0.408 e. The molecule has 0 fully saturated rings. The summed E-state index contributed by atoms with van der Waals surface area (Å²) in [6.07, 6.45) is 0.901. The zero-order valence-electron chi connectivity index (χ0n) is 21.5. The first-order valence-electron chi connectivity index (χ1n) is 12.6. The number of carbonyl (C=O) groups is 2. The van der Waals surface area contributed by atoms with Crippen LogP contribution in [0, 0.1) is 5.92 Å². The summed E-state index contributed by atoms with van der Waals surface area (Å²) in [5.74, 6) is 0.164. The van der Waals surface area contributed by atoms with Gasteiger partial charge in [-0.25, -0.2) is 9.78 Å². The third-order valence-electron chi connectivity index (χ3n) is 6.92. The zero-order chi connectivity index (χ0) is 26.7. The maximum atomic E-state index is 13.9. The van der Waals surface area contributed by atoms with Crippen molar-refractivity contribution in [2.45, 2.75) is 52.0 Å². The van der Waals surface area contributed by atoms with Gasteiger partial charge in [-0.2, -0.15) is 4.98 Å². The first-order chi connectivity index (χ1) is 17.6. The number of nitrogens with zero attached hydrogens (tertiary/aromatic N) is 3. The summed E-state index contributed by atoms with van der Waals surface area (Å²) < 4.78 is 0. The van der Waals surface area contributed by atoms with E-state index in [1.807, 2.05) is 57.2 Å². The molecule has 6 N–H and O–H groups in total. The Morgan fingerprint density at radius 2 is 1.76 bits per heavy atom. The fourth-order valence-corrected chi connectivity index (χ4v) is 5.15. The number of aromatic nitrogens is 2. The van der Waals surface area contributed by atoms with Gasteiger partial charge in [0.05, 0.1) is 5.69 Å². The molecule has 37 heavy (non-hydrogen) atoms. The fraction of sp³-hybridized carbons (Fsp3) is 0.357. The number of amides is 2. The van der Waals surface area contributed by atoms with Crippen molar-refractivity contribution in [3.63, 3.8) is 0 Å². The van der Waals surface area contributed by atoms with Gasteiger partial charge in [0.15, 0.2) is 0 Å². The zero-order valence-corrected chi connectivity index (χ0v) is 21.5. The SMILES string of the molecule is CCc1nc(N)nc(N)c1-c1ccc(NC(=O)C2(N(CC(C)C)C(=O)O)CCc3ccccc3C2)cc1. The molecular weight excluding hydrogens is 468 g/mol. The Bertz CT molecular complexity index is 1310. The van der Waals surface area contributed by atoms with Crippen LogP contribution in [0.5, 0.6) is 0 Å². The summed E-state index contributed by atoms with van der Waals surface area (Å²) in [4.78, 5) is 36.1. The van der Waals surface area contributed by atoms with E-state index in [2.05, 4.69) is 15.3 Å². The predicted octanol–water partition coefficient (Wildman–Crippen LogP) is 4.37. The van der Waals surface area contributed by atoms with Gasteiger partial charge in [-0.3, -0.25) is 9.69 Å². The van der Waals surface area contributed by atoms with E-state index in [9.17, 15) is 14.7 Å². The summed E-state index contributed by atoms with van der Waals surface area (Å²) in [5, 5.41) is 13.2. The first-order valence-corrected chi connectivity index (χ1v) is 12.6. The number of hydrogen-bond acceptors (Lipinski definition) is 6. The average molecular weight is 503 g/mol. The topological polar surface area (TPSA) is 147 Å². The van der Waals surface area contributed by atoms with Gasteiger partial charge in [-0.1, -0.05) is 57.2 Å². The second-order valence-electron chi connectivity index (χ2n) is 9.94. The Morgan fingerprint density at radius 1 is 1.08 bits per heavy atom. The van der Waals surface area contributed by atoms with Gasteiger partial charge in [0.25, 0.3) is 5.91 Å². The number of benzene rings is 2. The van der Waals surface area contributed by atoms with E-state index in [0.717, 1.165) is 22.4 Å². The number of anilines is 3. The Labute approximate surface area is 216 Å². The molecule has 2 aromatic carbocycles. The predicted molar refractivity (Wildman–Crippen MR) is 145 cm³/mol. The van der Waals surface area contributed by atoms with Gasteiger partial charge in [0.2, 0.25) is 5.95 Å². The van der Waals surface area contributed by atoms with Crippen LogP contribution in [-0.2, 0) is 24.1 Å². The van der Waals surface area contributed by atoms with E-state index in [0.29, 0.717) is 42.8 Å². The summed E-state index contributed by atoms with van der Waals surface area (Å²) in [5.41, 5.74) is 15.7. The second-order valence-corrected chi connectivity index (χ2v) is 9.94. The van der Waals surface area contributed by atoms with Crippen LogP contribution in [0.2, 0.25) is 0 Å². The molecule has 0 aliphatic heterocycles. The van der Waals surface area contributed by atoms with Crippen molar-refractivity contribution in [3.8, 4) is 11.1 Å². The van der Waals surface area contributed by atoms with Crippen LogP contribution >= 0.6 is 0 Å². The van der Waals surface area contributed by atoms with Crippen molar-refractivity contribution in [2.24, 2.45) is 5.92 Å². The van der Waals surface area contributed by atoms with Crippen LogP contribution in [0.3, 0.4) is 0 Å². The molecule has 1 aromatic heterocycles. The molecule has 1 unspecified atom stereocenters. The van der Waals surface area contributed by atoms with Gasteiger partial charge in [-0.05, 0) is 54.0 Å². The highest BCUT2D eigenvalue weighted by Crippen LogP contribution is 2.36. The molecule has 9 nitrogen and oxygen atoms in total. The first kappa shape index (κ1) is 25.9. The third kappa shape index (κ3) is 5.21. The largest absolute Gasteiger partial charge is 0.465 e. The van der Waals surface area contributed by atoms with Gasteiger partial charge < -0.3 is 21.9 Å². The Morgan fingerprint density at radius 3 is 2.38 bits per heavy atom. The molecule has 0 spiro atoms. The van der Waals surface area contributed by atoms with Crippen molar-refractivity contribution < 1.29 is 14.7 Å². The van der Waals surface area contributed by atoms with Crippen molar-refractivity contribution >= 4 is 29.5 Å². The third-order valence-corrected chi connectivity index (χ3v) is 6.92. The smallest absolute Gasteiger partial charge is 0.408 e. The second kappa shape index (κ2) is 10.5. The van der Waals surface area contributed by atoms with Crippen molar-refractivity contribution in [1.29, 1.82) is 0 Å².